The molecule has 0 radical (unpaired) electrons. The topological polar surface area (TPSA) is 220 Å². The molecule has 0 unspecified atom stereocenters. The van der Waals surface area contributed by atoms with Gasteiger partial charge in [0.05, 0.1) is 51.7 Å². The Morgan fingerprint density at radius 1 is 0.846 bits per heavy atom. The van der Waals surface area contributed by atoms with Crippen molar-refractivity contribution in [2.75, 3.05) is 91.1 Å². The molecule has 228 valence electrons. The van der Waals surface area contributed by atoms with Gasteiger partial charge >= 0.3 is 19.8 Å². The number of alkyl carbamates (subject to hydrolysis) is 2. The molecule has 0 aliphatic carbocycles. The van der Waals surface area contributed by atoms with Crippen molar-refractivity contribution < 1.29 is 57.2 Å². The van der Waals surface area contributed by atoms with Crippen LogP contribution in [0.3, 0.4) is 0 Å². The molecule has 0 aromatic carbocycles. The summed E-state index contributed by atoms with van der Waals surface area (Å²) in [6, 6.07) is 0. The van der Waals surface area contributed by atoms with Gasteiger partial charge < -0.3 is 54.7 Å². The van der Waals surface area contributed by atoms with Gasteiger partial charge in [-0.3, -0.25) is 14.2 Å². The fourth-order valence-electron chi connectivity index (χ4n) is 2.52. The molecule has 0 saturated heterocycles. The highest BCUT2D eigenvalue weighted by Crippen LogP contribution is 2.33. The largest absolute Gasteiger partial charge is 0.446 e. The molecular weight excluding hydrogens is 563 g/mol. The van der Waals surface area contributed by atoms with Crippen molar-refractivity contribution >= 4 is 43.4 Å². The second-order valence-electron chi connectivity index (χ2n) is 7.81. The highest BCUT2D eigenvalue weighted by atomic mass is 32.2. The highest BCUT2D eigenvalue weighted by molar-refractivity contribution is 7.99. The fourth-order valence-corrected chi connectivity index (χ4v) is 4.00. The number of rotatable bonds is 22. The van der Waals surface area contributed by atoms with Crippen molar-refractivity contribution in [1.29, 1.82) is 0 Å². The van der Waals surface area contributed by atoms with E-state index in [1.807, 2.05) is 0 Å². The van der Waals surface area contributed by atoms with Crippen LogP contribution in [0.5, 0.6) is 0 Å². The molecule has 4 amide bonds. The Balaban J connectivity index is 4.31. The van der Waals surface area contributed by atoms with Crippen LogP contribution in [0.15, 0.2) is 0 Å². The van der Waals surface area contributed by atoms with E-state index >= 15 is 0 Å². The van der Waals surface area contributed by atoms with Crippen LogP contribution < -0.4 is 21.3 Å². The van der Waals surface area contributed by atoms with Crippen LogP contribution in [0.4, 0.5) is 9.59 Å². The van der Waals surface area contributed by atoms with Gasteiger partial charge in [0.1, 0.15) is 12.7 Å². The predicted octanol–water partition coefficient (Wildman–Crippen LogP) is -1.10. The molecule has 39 heavy (non-hydrogen) atoms. The van der Waals surface area contributed by atoms with E-state index in [-0.39, 0.29) is 83.1 Å². The quantitative estimate of drug-likeness (QED) is 0.0639. The number of carbonyl (C=O) groups excluding carboxylic acids is 4. The predicted molar refractivity (Wildman–Crippen MR) is 142 cm³/mol. The molecular formula is C21H41N4O12PS. The van der Waals surface area contributed by atoms with Crippen LogP contribution in [-0.2, 0) is 37.8 Å². The zero-order valence-electron chi connectivity index (χ0n) is 22.5. The molecule has 2 atom stereocenters. The Hall–Kier alpha value is -2.14. The first-order valence-electron chi connectivity index (χ1n) is 12.1. The van der Waals surface area contributed by atoms with Gasteiger partial charge in [-0.25, -0.2) is 9.59 Å². The molecule has 0 bridgehead atoms. The Morgan fingerprint density at radius 2 is 1.44 bits per heavy atom. The summed E-state index contributed by atoms with van der Waals surface area (Å²) in [6.45, 7) is 2.68. The van der Waals surface area contributed by atoms with E-state index in [2.05, 4.69) is 21.3 Å². The third-order valence-corrected chi connectivity index (χ3v) is 6.50. The van der Waals surface area contributed by atoms with Crippen LogP contribution in [0, 0.1) is 5.92 Å². The lowest BCUT2D eigenvalue weighted by Crippen LogP contribution is -2.41. The van der Waals surface area contributed by atoms with Crippen LogP contribution in [0.25, 0.3) is 0 Å². The smallest absolute Gasteiger partial charge is 0.407 e. The lowest BCUT2D eigenvalue weighted by atomic mass is 10.1. The zero-order valence-corrected chi connectivity index (χ0v) is 24.2. The van der Waals surface area contributed by atoms with Crippen molar-refractivity contribution in [3.8, 4) is 0 Å². The number of amides is 4. The average Bonchev–Trinajstić information content (AvgIpc) is 2.88. The van der Waals surface area contributed by atoms with Crippen molar-refractivity contribution in [1.82, 2.24) is 21.3 Å². The summed E-state index contributed by atoms with van der Waals surface area (Å²) < 4.78 is 36.5. The van der Waals surface area contributed by atoms with Crippen molar-refractivity contribution in [3.05, 3.63) is 0 Å². The van der Waals surface area contributed by atoms with Crippen molar-refractivity contribution in [2.24, 2.45) is 5.92 Å². The number of hydrogen-bond donors (Lipinski definition) is 6. The number of nitrogens with one attached hydrogen (secondary N) is 4. The van der Waals surface area contributed by atoms with Crippen LogP contribution in [-0.4, -0.2) is 131 Å². The minimum Gasteiger partial charge on any atom is -0.446 e. The van der Waals surface area contributed by atoms with Gasteiger partial charge in [-0.2, -0.15) is 11.8 Å². The highest BCUT2D eigenvalue weighted by Gasteiger charge is 2.22. The van der Waals surface area contributed by atoms with Gasteiger partial charge in [0.25, 0.3) is 0 Å². The van der Waals surface area contributed by atoms with Gasteiger partial charge in [-0.1, -0.05) is 0 Å². The fraction of sp³-hybridized carbons (Fsp3) is 0.810. The molecule has 0 heterocycles. The molecule has 0 aromatic rings. The molecule has 0 aliphatic rings. The third-order valence-electron chi connectivity index (χ3n) is 4.49. The summed E-state index contributed by atoms with van der Waals surface area (Å²) in [7, 11) is -1.26. The van der Waals surface area contributed by atoms with Gasteiger partial charge in [-0.15, -0.1) is 0 Å². The molecule has 0 spiro atoms. The molecule has 6 N–H and O–H groups in total. The molecule has 0 aromatic heterocycles. The van der Waals surface area contributed by atoms with Crippen molar-refractivity contribution in [2.45, 2.75) is 13.0 Å². The maximum absolute atomic E-state index is 12.6. The molecule has 16 nitrogen and oxygen atoms in total. The standard InChI is InChI=1S/C21H41N4O12PS/c1-16(26)25-12-17(14-39-15-18(37-21(29)23-3)13-36-20(28)22-2)19(27)24-4-5-33-6-7-34-8-9-35-10-11-38(30,31)32/h17-18H,4-15H2,1-3H3,(H,22,28)(H,23,29)(H,24,27)(H,25,26)(H2,30,31,32)/t17-,18+/m0/s1. The normalized spacial score (nSPS) is 12.6. The van der Waals surface area contributed by atoms with E-state index in [9.17, 15) is 23.7 Å². The summed E-state index contributed by atoms with van der Waals surface area (Å²) in [4.78, 5) is 64.3. The van der Waals surface area contributed by atoms with Gasteiger partial charge in [-0.05, 0) is 0 Å². The maximum Gasteiger partial charge on any atom is 0.407 e. The summed E-state index contributed by atoms with van der Waals surface area (Å²) in [6.07, 6.45) is -2.45. The zero-order chi connectivity index (χ0) is 29.5. The van der Waals surface area contributed by atoms with Crippen LogP contribution in [0.1, 0.15) is 6.92 Å². The summed E-state index contributed by atoms with van der Waals surface area (Å²) in [5, 5.41) is 9.98. The lowest BCUT2D eigenvalue weighted by Gasteiger charge is -2.20. The Bertz CT molecular complexity index is 773. The number of ether oxygens (including phenoxy) is 5. The summed E-state index contributed by atoms with van der Waals surface area (Å²) in [5.41, 5.74) is 0. The first-order valence-corrected chi connectivity index (χ1v) is 15.0. The number of thioether (sulfide) groups is 1. The maximum atomic E-state index is 12.6. The van der Waals surface area contributed by atoms with Crippen LogP contribution in [0.2, 0.25) is 0 Å². The Labute approximate surface area is 232 Å². The second kappa shape index (κ2) is 22.7. The minimum absolute atomic E-state index is 0.0538. The van der Waals surface area contributed by atoms with E-state index in [1.54, 1.807) is 0 Å². The summed E-state index contributed by atoms with van der Waals surface area (Å²) >= 11 is 1.30. The van der Waals surface area contributed by atoms with E-state index in [0.717, 1.165) is 0 Å². The first-order chi connectivity index (χ1) is 18.5. The average molecular weight is 605 g/mol. The molecule has 0 rings (SSSR count). The van der Waals surface area contributed by atoms with E-state index < -0.39 is 31.8 Å². The molecule has 0 saturated carbocycles. The number of hydrogen-bond acceptors (Lipinski definition) is 11. The van der Waals surface area contributed by atoms with Gasteiger partial charge in [0.15, 0.2) is 0 Å². The Morgan fingerprint density at radius 3 is 2.00 bits per heavy atom. The number of carbonyl (C=O) groups is 4. The van der Waals surface area contributed by atoms with Crippen molar-refractivity contribution in [3.63, 3.8) is 0 Å². The van der Waals surface area contributed by atoms with E-state index in [4.69, 9.17) is 33.5 Å². The van der Waals surface area contributed by atoms with Gasteiger partial charge in [0.2, 0.25) is 11.8 Å². The Kier molecular flexibility index (Phi) is 21.4. The minimum atomic E-state index is -4.06. The molecule has 0 aliphatic heterocycles. The monoisotopic (exact) mass is 604 g/mol. The third kappa shape index (κ3) is 23.5. The van der Waals surface area contributed by atoms with Crippen LogP contribution >= 0.6 is 19.4 Å². The molecule has 0 fully saturated rings. The molecule has 18 heteroatoms. The SMILES string of the molecule is CNC(=O)OC[C@H](CSC[C@H](CNC(C)=O)C(=O)NCCOCCOCCOCCP(=O)(O)O)OC(=O)NC. The van der Waals surface area contributed by atoms with E-state index in [1.165, 1.54) is 32.8 Å². The summed E-state index contributed by atoms with van der Waals surface area (Å²) in [5.74, 6) is -0.619. The second-order valence-corrected chi connectivity index (χ2v) is 10.7. The lowest BCUT2D eigenvalue weighted by molar-refractivity contribution is -0.125. The first kappa shape index (κ1) is 36.9. The van der Waals surface area contributed by atoms with E-state index in [0.29, 0.717) is 5.75 Å². The van der Waals surface area contributed by atoms with Gasteiger partial charge in [0, 0.05) is 45.6 Å².